The number of hydrogen-bond acceptors (Lipinski definition) is 4. The zero-order chi connectivity index (χ0) is 17.3. The van der Waals surface area contributed by atoms with E-state index in [4.69, 9.17) is 0 Å². The molecular weight excluding hydrogens is 312 g/mol. The molecule has 0 spiro atoms. The minimum absolute atomic E-state index is 0.0961. The Bertz CT molecular complexity index is 600. The summed E-state index contributed by atoms with van der Waals surface area (Å²) in [6.07, 6.45) is 9.51. The molecule has 0 aliphatic heterocycles. The van der Waals surface area contributed by atoms with Crippen molar-refractivity contribution in [3.05, 3.63) is 60.2 Å². The molecule has 1 aliphatic rings. The van der Waals surface area contributed by atoms with Crippen molar-refractivity contribution in [1.82, 2.24) is 20.2 Å². The summed E-state index contributed by atoms with van der Waals surface area (Å²) in [6.45, 7) is 1.63. The summed E-state index contributed by atoms with van der Waals surface area (Å²) >= 11 is 0. The van der Waals surface area contributed by atoms with E-state index in [1.807, 2.05) is 36.4 Å². The van der Waals surface area contributed by atoms with Gasteiger partial charge in [0.25, 0.3) is 0 Å². The summed E-state index contributed by atoms with van der Waals surface area (Å²) in [4.78, 5) is 23.4. The van der Waals surface area contributed by atoms with Crippen molar-refractivity contribution in [3.8, 4) is 0 Å². The Morgan fingerprint density at radius 1 is 0.960 bits per heavy atom. The second-order valence-electron chi connectivity index (χ2n) is 6.69. The second kappa shape index (κ2) is 9.28. The van der Waals surface area contributed by atoms with E-state index in [0.717, 1.165) is 24.2 Å². The summed E-state index contributed by atoms with van der Waals surface area (Å²) in [6, 6.07) is 12.1. The Labute approximate surface area is 149 Å². The van der Waals surface area contributed by atoms with Gasteiger partial charge in [0, 0.05) is 31.5 Å². The Hall–Kier alpha value is -2.27. The first-order valence-corrected chi connectivity index (χ1v) is 9.11. The molecule has 2 aromatic heterocycles. The molecule has 25 heavy (non-hydrogen) atoms. The SMILES string of the molecule is O=C(CN(Cc1ccccn1)Cc1ccccn1)NC1CCCCC1. The van der Waals surface area contributed by atoms with Gasteiger partial charge in [0.15, 0.2) is 0 Å². The van der Waals surface area contributed by atoms with Gasteiger partial charge in [-0.3, -0.25) is 19.7 Å². The van der Waals surface area contributed by atoms with Gasteiger partial charge in [-0.15, -0.1) is 0 Å². The highest BCUT2D eigenvalue weighted by atomic mass is 16.2. The summed E-state index contributed by atoms with van der Waals surface area (Å²) in [5.41, 5.74) is 1.92. The molecule has 0 aromatic carbocycles. The van der Waals surface area contributed by atoms with Crippen LogP contribution in [0.3, 0.4) is 0 Å². The van der Waals surface area contributed by atoms with Crippen molar-refractivity contribution in [2.45, 2.75) is 51.2 Å². The van der Waals surface area contributed by atoms with Crippen LogP contribution in [0.15, 0.2) is 48.8 Å². The monoisotopic (exact) mass is 338 g/mol. The van der Waals surface area contributed by atoms with Gasteiger partial charge in [-0.2, -0.15) is 0 Å². The van der Waals surface area contributed by atoms with E-state index >= 15 is 0 Å². The van der Waals surface area contributed by atoms with Gasteiger partial charge in [0.1, 0.15) is 0 Å². The fourth-order valence-electron chi connectivity index (χ4n) is 3.33. The van der Waals surface area contributed by atoms with Gasteiger partial charge in [0.05, 0.1) is 17.9 Å². The third-order valence-corrected chi connectivity index (χ3v) is 4.56. The van der Waals surface area contributed by atoms with Gasteiger partial charge in [0.2, 0.25) is 5.91 Å². The van der Waals surface area contributed by atoms with Crippen molar-refractivity contribution in [2.24, 2.45) is 0 Å². The number of carbonyl (C=O) groups excluding carboxylic acids is 1. The average Bonchev–Trinajstić information content (AvgIpc) is 2.64. The van der Waals surface area contributed by atoms with Gasteiger partial charge in [-0.25, -0.2) is 0 Å². The Morgan fingerprint density at radius 3 is 2.08 bits per heavy atom. The molecule has 0 atom stereocenters. The number of nitrogens with one attached hydrogen (secondary N) is 1. The van der Waals surface area contributed by atoms with Crippen LogP contribution in [0.25, 0.3) is 0 Å². The van der Waals surface area contributed by atoms with Crippen LogP contribution in [0.5, 0.6) is 0 Å². The molecule has 5 heteroatoms. The van der Waals surface area contributed by atoms with Gasteiger partial charge in [-0.05, 0) is 37.1 Å². The maximum atomic E-state index is 12.5. The second-order valence-corrected chi connectivity index (χ2v) is 6.69. The number of rotatable bonds is 7. The third-order valence-electron chi connectivity index (χ3n) is 4.56. The number of hydrogen-bond donors (Lipinski definition) is 1. The number of aromatic nitrogens is 2. The highest BCUT2D eigenvalue weighted by Crippen LogP contribution is 2.17. The quantitative estimate of drug-likeness (QED) is 0.843. The van der Waals surface area contributed by atoms with Crippen LogP contribution in [0.1, 0.15) is 43.5 Å². The van der Waals surface area contributed by atoms with Gasteiger partial charge >= 0.3 is 0 Å². The van der Waals surface area contributed by atoms with E-state index in [2.05, 4.69) is 20.2 Å². The molecule has 1 fully saturated rings. The smallest absolute Gasteiger partial charge is 0.234 e. The van der Waals surface area contributed by atoms with E-state index in [1.165, 1.54) is 19.3 Å². The first-order chi connectivity index (χ1) is 12.3. The summed E-state index contributed by atoms with van der Waals surface area (Å²) in [5, 5.41) is 3.20. The first-order valence-electron chi connectivity index (χ1n) is 9.11. The summed E-state index contributed by atoms with van der Waals surface area (Å²) in [7, 11) is 0. The standard InChI is InChI=1S/C20H26N4O/c25-20(23-17-8-2-1-3-9-17)16-24(14-18-10-4-6-12-21-18)15-19-11-5-7-13-22-19/h4-7,10-13,17H,1-3,8-9,14-16H2,(H,23,25). The number of carbonyl (C=O) groups is 1. The number of amides is 1. The van der Waals surface area contributed by atoms with Crippen molar-refractivity contribution >= 4 is 5.91 Å². The van der Waals surface area contributed by atoms with E-state index in [0.29, 0.717) is 25.7 Å². The predicted octanol–water partition coefficient (Wildman–Crippen LogP) is 2.93. The summed E-state index contributed by atoms with van der Waals surface area (Å²) < 4.78 is 0. The van der Waals surface area contributed by atoms with Crippen LogP contribution in [0.4, 0.5) is 0 Å². The Balaban J connectivity index is 1.61. The molecule has 1 amide bonds. The molecule has 132 valence electrons. The van der Waals surface area contributed by atoms with Gasteiger partial charge in [-0.1, -0.05) is 31.4 Å². The largest absolute Gasteiger partial charge is 0.352 e. The molecular formula is C20H26N4O. The molecule has 3 rings (SSSR count). The number of pyridine rings is 2. The lowest BCUT2D eigenvalue weighted by molar-refractivity contribution is -0.123. The maximum absolute atomic E-state index is 12.5. The molecule has 0 saturated heterocycles. The van der Waals surface area contributed by atoms with Crippen LogP contribution < -0.4 is 5.32 Å². The molecule has 0 bridgehead atoms. The van der Waals surface area contributed by atoms with Crippen LogP contribution in [0.2, 0.25) is 0 Å². The lowest BCUT2D eigenvalue weighted by Gasteiger charge is -2.25. The van der Waals surface area contributed by atoms with Crippen LogP contribution in [0, 0.1) is 0 Å². The van der Waals surface area contributed by atoms with Crippen LogP contribution >= 0.6 is 0 Å². The van der Waals surface area contributed by atoms with Crippen molar-refractivity contribution in [1.29, 1.82) is 0 Å². The minimum Gasteiger partial charge on any atom is -0.352 e. The van der Waals surface area contributed by atoms with E-state index in [9.17, 15) is 4.79 Å². The van der Waals surface area contributed by atoms with Crippen molar-refractivity contribution < 1.29 is 4.79 Å². The van der Waals surface area contributed by atoms with Crippen LogP contribution in [-0.2, 0) is 17.9 Å². The third kappa shape index (κ3) is 5.94. The Kier molecular flexibility index (Phi) is 6.51. The van der Waals surface area contributed by atoms with E-state index in [-0.39, 0.29) is 5.91 Å². The highest BCUT2D eigenvalue weighted by molar-refractivity contribution is 5.78. The lowest BCUT2D eigenvalue weighted by atomic mass is 9.95. The minimum atomic E-state index is 0.0961. The topological polar surface area (TPSA) is 58.1 Å². The molecule has 2 heterocycles. The average molecular weight is 338 g/mol. The fourth-order valence-corrected chi connectivity index (χ4v) is 3.33. The van der Waals surface area contributed by atoms with E-state index < -0.39 is 0 Å². The molecule has 0 radical (unpaired) electrons. The van der Waals surface area contributed by atoms with Crippen molar-refractivity contribution in [3.63, 3.8) is 0 Å². The molecule has 1 aliphatic carbocycles. The molecule has 1 N–H and O–H groups in total. The van der Waals surface area contributed by atoms with Gasteiger partial charge < -0.3 is 5.32 Å². The number of nitrogens with zero attached hydrogens (tertiary/aromatic N) is 3. The zero-order valence-corrected chi connectivity index (χ0v) is 14.6. The molecule has 0 unspecified atom stereocenters. The fraction of sp³-hybridized carbons (Fsp3) is 0.450. The highest BCUT2D eigenvalue weighted by Gasteiger charge is 2.18. The first kappa shape index (κ1) is 17.5. The maximum Gasteiger partial charge on any atom is 0.234 e. The normalized spacial score (nSPS) is 15.2. The van der Waals surface area contributed by atoms with E-state index in [1.54, 1.807) is 12.4 Å². The molecule has 2 aromatic rings. The summed E-state index contributed by atoms with van der Waals surface area (Å²) in [5.74, 6) is 0.0961. The van der Waals surface area contributed by atoms with Crippen molar-refractivity contribution in [2.75, 3.05) is 6.54 Å². The molecule has 5 nitrogen and oxygen atoms in total. The lowest BCUT2D eigenvalue weighted by Crippen LogP contribution is -2.42. The predicted molar refractivity (Wildman–Crippen MR) is 97.6 cm³/mol. The van der Waals surface area contributed by atoms with Crippen LogP contribution in [-0.4, -0.2) is 33.4 Å². The molecule has 1 saturated carbocycles. The Morgan fingerprint density at radius 2 is 1.56 bits per heavy atom. The zero-order valence-electron chi connectivity index (χ0n) is 14.6.